The van der Waals surface area contributed by atoms with Crippen LogP contribution in [-0.2, 0) is 4.79 Å². The van der Waals surface area contributed by atoms with Crippen molar-refractivity contribution in [3.8, 4) is 0 Å². The monoisotopic (exact) mass is 192 g/mol. The molecule has 4 nitrogen and oxygen atoms in total. The molecule has 1 atom stereocenters. The third kappa shape index (κ3) is 83.6. The Hall–Kier alpha value is -0.450. The maximum atomic E-state index is 9.44. The molecule has 4 heteroatoms. The first kappa shape index (κ1) is 18.4. The average Bonchev–Trinajstić information content (AvgIpc) is 1.87. The highest BCUT2D eigenvalue weighted by Gasteiger charge is 1.92. The highest BCUT2D eigenvalue weighted by Crippen LogP contribution is 1.79. The van der Waals surface area contributed by atoms with Gasteiger partial charge in [-0.2, -0.15) is 0 Å². The predicted molar refractivity (Wildman–Crippen MR) is 56.7 cm³/mol. The summed E-state index contributed by atoms with van der Waals surface area (Å²) in [4.78, 5) is 11.2. The standard InChI is InChI=1S/C4H11NO.C3H6O.C2H7N/c1-4(6)5(2)3;1-3(2)4;1-3-2/h4,6H,1-3H3;1-2H3;3H,1-2H3. The van der Waals surface area contributed by atoms with Crippen molar-refractivity contribution in [3.63, 3.8) is 0 Å². The molecule has 0 saturated carbocycles. The number of aliphatic hydroxyl groups is 1. The Labute approximate surface area is 81.9 Å². The second-order valence-electron chi connectivity index (χ2n) is 3.00. The maximum absolute atomic E-state index is 9.44. The number of Topliss-reactive ketones (excluding diaryl/α,β-unsaturated/α-hetero) is 1. The summed E-state index contributed by atoms with van der Waals surface area (Å²) in [5, 5.41) is 11.3. The minimum atomic E-state index is -0.315. The van der Waals surface area contributed by atoms with Crippen molar-refractivity contribution >= 4 is 5.78 Å². The molecule has 0 aromatic carbocycles. The van der Waals surface area contributed by atoms with Crippen molar-refractivity contribution in [2.45, 2.75) is 27.0 Å². The van der Waals surface area contributed by atoms with Crippen molar-refractivity contribution in [2.24, 2.45) is 0 Å². The number of carbonyl (C=O) groups is 1. The second kappa shape index (κ2) is 14.1. The van der Waals surface area contributed by atoms with Crippen LogP contribution in [0.5, 0.6) is 0 Å². The molecule has 0 aliphatic carbocycles. The molecule has 0 radical (unpaired) electrons. The Morgan fingerprint density at radius 3 is 1.38 bits per heavy atom. The van der Waals surface area contributed by atoms with Gasteiger partial charge in [-0.25, -0.2) is 0 Å². The minimum absolute atomic E-state index is 0.167. The van der Waals surface area contributed by atoms with Gasteiger partial charge in [-0.3, -0.25) is 4.90 Å². The number of carbonyl (C=O) groups excluding carboxylic acids is 1. The number of ketones is 1. The highest BCUT2D eigenvalue weighted by atomic mass is 16.3. The van der Waals surface area contributed by atoms with Crippen molar-refractivity contribution < 1.29 is 9.90 Å². The zero-order valence-corrected chi connectivity index (χ0v) is 9.88. The van der Waals surface area contributed by atoms with Crippen molar-refractivity contribution in [1.82, 2.24) is 10.2 Å². The first-order valence-electron chi connectivity index (χ1n) is 4.19. The van der Waals surface area contributed by atoms with Gasteiger partial charge in [0.2, 0.25) is 0 Å². The van der Waals surface area contributed by atoms with Crippen molar-refractivity contribution in [3.05, 3.63) is 0 Å². The fourth-order valence-electron chi connectivity index (χ4n) is 0. The first-order valence-corrected chi connectivity index (χ1v) is 4.19. The Kier molecular flexibility index (Phi) is 19.9. The zero-order chi connectivity index (χ0) is 11.4. The van der Waals surface area contributed by atoms with Gasteiger partial charge >= 0.3 is 0 Å². The van der Waals surface area contributed by atoms with Crippen LogP contribution in [0, 0.1) is 0 Å². The predicted octanol–water partition coefficient (Wildman–Crippen LogP) is 0.317. The molecule has 82 valence electrons. The summed E-state index contributed by atoms with van der Waals surface area (Å²) in [5.41, 5.74) is 0. The number of nitrogens with one attached hydrogen (secondary N) is 1. The van der Waals surface area contributed by atoms with Gasteiger partial charge in [0, 0.05) is 0 Å². The van der Waals surface area contributed by atoms with Gasteiger partial charge in [-0.05, 0) is 49.0 Å². The topological polar surface area (TPSA) is 52.6 Å². The summed E-state index contributed by atoms with van der Waals surface area (Å²) >= 11 is 0. The van der Waals surface area contributed by atoms with Gasteiger partial charge < -0.3 is 15.2 Å². The highest BCUT2D eigenvalue weighted by molar-refractivity contribution is 5.72. The van der Waals surface area contributed by atoms with Gasteiger partial charge in [0.25, 0.3) is 0 Å². The van der Waals surface area contributed by atoms with Crippen LogP contribution in [0.1, 0.15) is 20.8 Å². The van der Waals surface area contributed by atoms with Crippen LogP contribution < -0.4 is 5.32 Å². The lowest BCUT2D eigenvalue weighted by atomic mass is 10.6. The third-order valence-corrected chi connectivity index (χ3v) is 0.747. The molecular weight excluding hydrogens is 168 g/mol. The SMILES string of the molecule is CC(C)=O.CC(O)N(C)C.CNC. The summed E-state index contributed by atoms with van der Waals surface area (Å²) < 4.78 is 0. The van der Waals surface area contributed by atoms with E-state index in [1.807, 2.05) is 28.2 Å². The lowest BCUT2D eigenvalue weighted by Gasteiger charge is -2.11. The van der Waals surface area contributed by atoms with E-state index in [2.05, 4.69) is 5.32 Å². The van der Waals surface area contributed by atoms with E-state index in [4.69, 9.17) is 5.11 Å². The van der Waals surface area contributed by atoms with E-state index in [-0.39, 0.29) is 12.0 Å². The summed E-state index contributed by atoms with van der Waals surface area (Å²) in [7, 11) is 7.40. The van der Waals surface area contributed by atoms with Crippen LogP contribution in [0.2, 0.25) is 0 Å². The van der Waals surface area contributed by atoms with E-state index < -0.39 is 0 Å². The number of hydrogen-bond donors (Lipinski definition) is 2. The average molecular weight is 192 g/mol. The summed E-state index contributed by atoms with van der Waals surface area (Å²) in [6.45, 7) is 4.78. The third-order valence-electron chi connectivity index (χ3n) is 0.747. The van der Waals surface area contributed by atoms with E-state index in [0.29, 0.717) is 0 Å². The van der Waals surface area contributed by atoms with Crippen LogP contribution >= 0.6 is 0 Å². The van der Waals surface area contributed by atoms with E-state index in [1.54, 1.807) is 11.8 Å². The number of rotatable bonds is 1. The number of nitrogens with zero attached hydrogens (tertiary/aromatic N) is 1. The van der Waals surface area contributed by atoms with Crippen LogP contribution in [0.3, 0.4) is 0 Å². The normalized spacial score (nSPS) is 10.5. The summed E-state index contributed by atoms with van der Waals surface area (Å²) in [6, 6.07) is 0. The Bertz CT molecular complexity index is 93.8. The Morgan fingerprint density at radius 1 is 1.31 bits per heavy atom. The van der Waals surface area contributed by atoms with E-state index in [9.17, 15) is 4.79 Å². The zero-order valence-electron chi connectivity index (χ0n) is 9.88. The molecule has 1 unspecified atom stereocenters. The van der Waals surface area contributed by atoms with Gasteiger partial charge in [0.1, 0.15) is 12.0 Å². The number of hydrogen-bond acceptors (Lipinski definition) is 4. The lowest BCUT2D eigenvalue weighted by Crippen LogP contribution is -2.23. The van der Waals surface area contributed by atoms with Crippen LogP contribution in [0.25, 0.3) is 0 Å². The molecule has 0 aliphatic heterocycles. The molecule has 0 aromatic rings. The lowest BCUT2D eigenvalue weighted by molar-refractivity contribution is -0.114. The van der Waals surface area contributed by atoms with Crippen LogP contribution in [0.4, 0.5) is 0 Å². The van der Waals surface area contributed by atoms with E-state index >= 15 is 0 Å². The Balaban J connectivity index is -0.000000125. The van der Waals surface area contributed by atoms with Gasteiger partial charge in [-0.1, -0.05) is 0 Å². The van der Waals surface area contributed by atoms with Crippen LogP contribution in [-0.4, -0.2) is 50.2 Å². The minimum Gasteiger partial charge on any atom is -0.379 e. The van der Waals surface area contributed by atoms with Crippen molar-refractivity contribution in [2.75, 3.05) is 28.2 Å². The molecule has 13 heavy (non-hydrogen) atoms. The summed E-state index contributed by atoms with van der Waals surface area (Å²) in [6.07, 6.45) is -0.315. The van der Waals surface area contributed by atoms with Gasteiger partial charge in [-0.15, -0.1) is 0 Å². The van der Waals surface area contributed by atoms with Gasteiger partial charge in [0.05, 0.1) is 0 Å². The molecule has 2 N–H and O–H groups in total. The largest absolute Gasteiger partial charge is 0.379 e. The molecule has 0 rings (SSSR count). The molecule has 0 heterocycles. The summed E-state index contributed by atoms with van der Waals surface area (Å²) in [5.74, 6) is 0.167. The molecule has 0 saturated heterocycles. The smallest absolute Gasteiger partial charge is 0.126 e. The first-order chi connectivity index (χ1) is 5.79. The van der Waals surface area contributed by atoms with Crippen LogP contribution in [0.15, 0.2) is 0 Å². The molecular formula is C9H24N2O2. The maximum Gasteiger partial charge on any atom is 0.126 e. The Morgan fingerprint density at radius 2 is 1.38 bits per heavy atom. The van der Waals surface area contributed by atoms with E-state index in [0.717, 1.165) is 0 Å². The molecule has 0 amide bonds. The number of aliphatic hydroxyl groups excluding tert-OH is 1. The van der Waals surface area contributed by atoms with E-state index in [1.165, 1.54) is 13.8 Å². The van der Waals surface area contributed by atoms with Crippen molar-refractivity contribution in [1.29, 1.82) is 0 Å². The molecule has 0 bridgehead atoms. The fourth-order valence-corrected chi connectivity index (χ4v) is 0. The molecule has 0 fully saturated rings. The fraction of sp³-hybridized carbons (Fsp3) is 0.889. The molecule has 0 aliphatic rings. The molecule has 0 spiro atoms. The second-order valence-corrected chi connectivity index (χ2v) is 3.00. The quantitative estimate of drug-likeness (QED) is 0.587. The molecule has 0 aromatic heterocycles. The van der Waals surface area contributed by atoms with Gasteiger partial charge in [0.15, 0.2) is 0 Å².